The van der Waals surface area contributed by atoms with Crippen LogP contribution >= 0.6 is 0 Å². The summed E-state index contributed by atoms with van der Waals surface area (Å²) < 4.78 is 14.9. The van der Waals surface area contributed by atoms with Gasteiger partial charge in [0.1, 0.15) is 12.3 Å². The van der Waals surface area contributed by atoms with Crippen molar-refractivity contribution in [3.8, 4) is 17.6 Å². The van der Waals surface area contributed by atoms with Crippen molar-refractivity contribution in [3.63, 3.8) is 0 Å². The molecule has 9 heteroatoms. The number of carboxylic acids is 1. The molecule has 28 heavy (non-hydrogen) atoms. The van der Waals surface area contributed by atoms with Gasteiger partial charge in [-0.1, -0.05) is 12.1 Å². The fourth-order valence-corrected chi connectivity index (χ4v) is 2.89. The van der Waals surface area contributed by atoms with Crippen molar-refractivity contribution >= 4 is 16.9 Å². The molecule has 0 unspecified atom stereocenters. The van der Waals surface area contributed by atoms with Gasteiger partial charge in [0.2, 0.25) is 5.88 Å². The van der Waals surface area contributed by atoms with Crippen LogP contribution in [0.4, 0.5) is 0 Å². The summed E-state index contributed by atoms with van der Waals surface area (Å²) in [6.07, 6.45) is 6.79. The predicted molar refractivity (Wildman–Crippen MR) is 99.7 cm³/mol. The highest BCUT2D eigenvalue weighted by Gasteiger charge is 2.16. The number of hydrogen-bond acceptors (Lipinski definition) is 6. The van der Waals surface area contributed by atoms with Gasteiger partial charge in [0, 0.05) is 37.1 Å². The molecule has 4 rings (SSSR count). The molecule has 0 aliphatic rings. The Labute approximate surface area is 159 Å². The zero-order chi connectivity index (χ0) is 19.5. The van der Waals surface area contributed by atoms with E-state index in [-0.39, 0.29) is 11.7 Å². The minimum atomic E-state index is -1.000. The molecular weight excluding hydrogens is 362 g/mol. The molecule has 0 radical (unpaired) electrons. The van der Waals surface area contributed by atoms with Gasteiger partial charge in [0.05, 0.1) is 18.4 Å². The fourth-order valence-electron chi connectivity index (χ4n) is 2.89. The first kappa shape index (κ1) is 17.5. The Morgan fingerprint density at radius 3 is 2.93 bits per heavy atom. The van der Waals surface area contributed by atoms with Gasteiger partial charge >= 0.3 is 12.0 Å². The number of aromatic carboxylic acids is 1. The summed E-state index contributed by atoms with van der Waals surface area (Å²) in [5.74, 6) is -0.200. The minimum absolute atomic E-state index is 0.178. The van der Waals surface area contributed by atoms with Gasteiger partial charge in [0.15, 0.2) is 5.75 Å². The molecule has 142 valence electrons. The lowest BCUT2D eigenvalue weighted by Crippen LogP contribution is -2.08. The van der Waals surface area contributed by atoms with Gasteiger partial charge in [-0.15, -0.1) is 0 Å². The predicted octanol–water partition coefficient (Wildman–Crippen LogP) is 2.73. The van der Waals surface area contributed by atoms with Crippen LogP contribution in [0.2, 0.25) is 0 Å². The number of aryl methyl sites for hydroxylation is 1. The smallest absolute Gasteiger partial charge is 0.352 e. The number of fused-ring (bicyclic) bond motifs is 1. The molecule has 3 aromatic heterocycles. The molecule has 0 amide bonds. The number of carboxylic acid groups (broad SMARTS) is 1. The van der Waals surface area contributed by atoms with E-state index in [2.05, 4.69) is 15.0 Å². The first-order valence-electron chi connectivity index (χ1n) is 8.53. The lowest BCUT2D eigenvalue weighted by Gasteiger charge is -2.10. The summed E-state index contributed by atoms with van der Waals surface area (Å²) in [4.78, 5) is 23.7. The second-order valence-corrected chi connectivity index (χ2v) is 6.02. The summed E-state index contributed by atoms with van der Waals surface area (Å²) in [5, 5.41) is 10.1. The molecule has 0 spiro atoms. The molecule has 1 N–H and O–H groups in total. The third-order valence-electron chi connectivity index (χ3n) is 4.20. The molecule has 4 aromatic rings. The number of hydrogen-bond donors (Lipinski definition) is 1. The average Bonchev–Trinajstić information content (AvgIpc) is 3.31. The molecule has 9 nitrogen and oxygen atoms in total. The molecule has 0 saturated heterocycles. The van der Waals surface area contributed by atoms with Crippen LogP contribution in [0, 0.1) is 0 Å². The van der Waals surface area contributed by atoms with Crippen LogP contribution in [0.1, 0.15) is 10.5 Å². The van der Waals surface area contributed by atoms with Crippen molar-refractivity contribution in [2.75, 3.05) is 6.61 Å². The topological polar surface area (TPSA) is 104 Å². The van der Waals surface area contributed by atoms with E-state index in [0.717, 1.165) is 5.39 Å². The maximum absolute atomic E-state index is 11.4. The highest BCUT2D eigenvalue weighted by Crippen LogP contribution is 2.31. The maximum Gasteiger partial charge on any atom is 0.352 e. The Balaban J connectivity index is 1.53. The monoisotopic (exact) mass is 379 g/mol. The second kappa shape index (κ2) is 7.39. The van der Waals surface area contributed by atoms with Crippen molar-refractivity contribution in [3.05, 3.63) is 60.9 Å². The molecule has 0 atom stereocenters. The Morgan fingerprint density at radius 2 is 2.14 bits per heavy atom. The van der Waals surface area contributed by atoms with Gasteiger partial charge in [-0.2, -0.15) is 4.98 Å². The molecule has 0 aliphatic heterocycles. The van der Waals surface area contributed by atoms with E-state index in [4.69, 9.17) is 9.47 Å². The number of carbonyl (C=O) groups is 1. The number of aromatic nitrogens is 5. The van der Waals surface area contributed by atoms with Crippen molar-refractivity contribution in [1.29, 1.82) is 0 Å². The molecule has 0 fully saturated rings. The number of nitrogens with zero attached hydrogens (tertiary/aromatic N) is 5. The minimum Gasteiger partial charge on any atom is -0.477 e. The Morgan fingerprint density at radius 1 is 1.25 bits per heavy atom. The van der Waals surface area contributed by atoms with Crippen LogP contribution in [0.5, 0.6) is 17.6 Å². The highest BCUT2D eigenvalue weighted by atomic mass is 16.5. The molecule has 1 aromatic carbocycles. The summed E-state index contributed by atoms with van der Waals surface area (Å²) in [6, 6.07) is 8.81. The lowest BCUT2D eigenvalue weighted by molar-refractivity contribution is 0.0687. The molecule has 0 bridgehead atoms. The second-order valence-electron chi connectivity index (χ2n) is 6.02. The third-order valence-corrected chi connectivity index (χ3v) is 4.20. The zero-order valence-corrected chi connectivity index (χ0v) is 15.0. The van der Waals surface area contributed by atoms with E-state index in [1.807, 2.05) is 16.8 Å². The van der Waals surface area contributed by atoms with E-state index in [1.165, 1.54) is 0 Å². The Kier molecular flexibility index (Phi) is 4.63. The number of benzene rings is 1. The van der Waals surface area contributed by atoms with Gasteiger partial charge < -0.3 is 23.7 Å². The molecule has 0 aliphatic carbocycles. The van der Waals surface area contributed by atoms with Gasteiger partial charge in [-0.3, -0.25) is 0 Å². The SMILES string of the molecule is Cn1c(C(=O)O)cc2cccc(Oc3ccnc(OCCn4ccnc4)n3)c21. The van der Waals surface area contributed by atoms with E-state index in [9.17, 15) is 9.90 Å². The van der Waals surface area contributed by atoms with Crippen LogP contribution in [0.3, 0.4) is 0 Å². The highest BCUT2D eigenvalue weighted by molar-refractivity contribution is 5.96. The largest absolute Gasteiger partial charge is 0.477 e. The number of imidazole rings is 1. The number of rotatable bonds is 7. The van der Waals surface area contributed by atoms with Crippen LogP contribution < -0.4 is 9.47 Å². The summed E-state index contributed by atoms with van der Waals surface area (Å²) in [5.41, 5.74) is 0.846. The van der Waals surface area contributed by atoms with E-state index >= 15 is 0 Å². The van der Waals surface area contributed by atoms with Crippen molar-refractivity contribution in [1.82, 2.24) is 24.1 Å². The fraction of sp³-hybridized carbons (Fsp3) is 0.158. The zero-order valence-electron chi connectivity index (χ0n) is 15.0. The van der Waals surface area contributed by atoms with Crippen molar-refractivity contribution < 1.29 is 19.4 Å². The summed E-state index contributed by atoms with van der Waals surface area (Å²) in [6.45, 7) is 1.00. The van der Waals surface area contributed by atoms with E-state index < -0.39 is 5.97 Å². The Bertz CT molecular complexity index is 1120. The number of ether oxygens (including phenoxy) is 2. The lowest BCUT2D eigenvalue weighted by atomic mass is 10.2. The van der Waals surface area contributed by atoms with Crippen LogP contribution in [-0.2, 0) is 13.6 Å². The molecule has 3 heterocycles. The van der Waals surface area contributed by atoms with Crippen LogP contribution in [-0.4, -0.2) is 41.8 Å². The molecular formula is C19H17N5O4. The number of para-hydroxylation sites is 1. The van der Waals surface area contributed by atoms with Crippen molar-refractivity contribution in [2.24, 2.45) is 7.05 Å². The first-order chi connectivity index (χ1) is 13.6. The molecule has 0 saturated carbocycles. The third kappa shape index (κ3) is 3.50. The average molecular weight is 379 g/mol. The van der Waals surface area contributed by atoms with Gasteiger partial charge in [-0.05, 0) is 12.1 Å². The van der Waals surface area contributed by atoms with Gasteiger partial charge in [0.25, 0.3) is 0 Å². The van der Waals surface area contributed by atoms with Gasteiger partial charge in [-0.25, -0.2) is 14.8 Å². The maximum atomic E-state index is 11.4. The van der Waals surface area contributed by atoms with E-state index in [0.29, 0.717) is 30.3 Å². The van der Waals surface area contributed by atoms with E-state index in [1.54, 1.807) is 54.6 Å². The first-order valence-corrected chi connectivity index (χ1v) is 8.53. The van der Waals surface area contributed by atoms with Crippen LogP contribution in [0.15, 0.2) is 55.2 Å². The normalized spacial score (nSPS) is 10.9. The Hall–Kier alpha value is -3.88. The summed E-state index contributed by atoms with van der Waals surface area (Å²) in [7, 11) is 1.68. The standard InChI is InChI=1S/C19H17N5O4/c1-23-14(18(25)26)11-13-3-2-4-15(17(13)23)28-16-5-6-21-19(22-16)27-10-9-24-8-7-20-12-24/h2-8,11-12H,9-10H2,1H3,(H,25,26). The quantitative estimate of drug-likeness (QED) is 0.526. The van der Waals surface area contributed by atoms with Crippen LogP contribution in [0.25, 0.3) is 10.9 Å². The summed E-state index contributed by atoms with van der Waals surface area (Å²) >= 11 is 0. The van der Waals surface area contributed by atoms with Crippen molar-refractivity contribution in [2.45, 2.75) is 6.54 Å².